The monoisotopic (exact) mass is 296 g/mol. The highest BCUT2D eigenvalue weighted by atomic mass is 16.5. The number of urea groups is 1. The molecule has 7 heteroatoms. The number of carboxylic acid groups (broad SMARTS) is 1. The molecular formula is C14H20N2O5. The van der Waals surface area contributed by atoms with E-state index in [2.05, 4.69) is 10.6 Å². The standard InChI is InChI=1S/C14H20N2O5/c1-9(8-21-2)15-14(20)16-12(13(18)19)7-10-3-5-11(17)6-4-10/h3-6,9,12,17H,7-8H2,1-2H3,(H,18,19)(H2,15,16,20)/t9?,12-/m0/s1. The summed E-state index contributed by atoms with van der Waals surface area (Å²) in [6, 6.07) is 4.31. The number of benzene rings is 1. The molecule has 2 atom stereocenters. The number of aromatic hydroxyl groups is 1. The molecule has 2 amide bonds. The molecule has 0 saturated heterocycles. The number of carbonyl (C=O) groups excluding carboxylic acids is 1. The lowest BCUT2D eigenvalue weighted by Crippen LogP contribution is -2.50. The molecule has 1 aromatic carbocycles. The number of aliphatic carboxylic acids is 1. The summed E-state index contributed by atoms with van der Waals surface area (Å²) in [5, 5.41) is 23.3. The Balaban J connectivity index is 2.59. The average Bonchev–Trinajstić information content (AvgIpc) is 2.40. The van der Waals surface area contributed by atoms with Crippen molar-refractivity contribution in [3.63, 3.8) is 0 Å². The fraction of sp³-hybridized carbons (Fsp3) is 0.429. The largest absolute Gasteiger partial charge is 0.508 e. The number of methoxy groups -OCH3 is 1. The van der Waals surface area contributed by atoms with Crippen LogP contribution in [0, 0.1) is 0 Å². The molecule has 0 saturated carbocycles. The fourth-order valence-electron chi connectivity index (χ4n) is 1.78. The lowest BCUT2D eigenvalue weighted by molar-refractivity contribution is -0.139. The Morgan fingerprint density at radius 2 is 1.86 bits per heavy atom. The van der Waals surface area contributed by atoms with Gasteiger partial charge in [-0.3, -0.25) is 0 Å². The molecule has 4 N–H and O–H groups in total. The number of hydrogen-bond donors (Lipinski definition) is 4. The van der Waals surface area contributed by atoms with Crippen LogP contribution < -0.4 is 10.6 Å². The Labute approximate surface area is 122 Å². The minimum atomic E-state index is -1.13. The zero-order chi connectivity index (χ0) is 15.8. The number of carbonyl (C=O) groups is 2. The third-order valence-electron chi connectivity index (χ3n) is 2.77. The number of hydrogen-bond acceptors (Lipinski definition) is 4. The summed E-state index contributed by atoms with van der Waals surface area (Å²) < 4.78 is 4.88. The first-order chi connectivity index (χ1) is 9.92. The van der Waals surface area contributed by atoms with Gasteiger partial charge >= 0.3 is 12.0 Å². The van der Waals surface area contributed by atoms with Crippen molar-refractivity contribution >= 4 is 12.0 Å². The van der Waals surface area contributed by atoms with Gasteiger partial charge in [-0.25, -0.2) is 9.59 Å². The van der Waals surface area contributed by atoms with E-state index in [0.717, 1.165) is 0 Å². The second kappa shape index (κ2) is 8.11. The van der Waals surface area contributed by atoms with Crippen molar-refractivity contribution < 1.29 is 24.5 Å². The molecule has 0 bridgehead atoms. The maximum absolute atomic E-state index is 11.7. The Morgan fingerprint density at radius 1 is 1.24 bits per heavy atom. The van der Waals surface area contributed by atoms with Crippen molar-refractivity contribution in [2.75, 3.05) is 13.7 Å². The van der Waals surface area contributed by atoms with Crippen molar-refractivity contribution in [1.29, 1.82) is 0 Å². The zero-order valence-electron chi connectivity index (χ0n) is 12.0. The molecule has 0 aliphatic heterocycles. The highest BCUT2D eigenvalue weighted by molar-refractivity contribution is 5.82. The Bertz CT molecular complexity index is 475. The van der Waals surface area contributed by atoms with E-state index in [0.29, 0.717) is 12.2 Å². The first-order valence-electron chi connectivity index (χ1n) is 6.49. The normalized spacial score (nSPS) is 13.2. The predicted molar refractivity (Wildman–Crippen MR) is 76.2 cm³/mol. The Hall–Kier alpha value is -2.28. The van der Waals surface area contributed by atoms with Crippen LogP contribution in [0.4, 0.5) is 4.79 Å². The number of amides is 2. The van der Waals surface area contributed by atoms with Gasteiger partial charge in [-0.2, -0.15) is 0 Å². The van der Waals surface area contributed by atoms with E-state index in [1.54, 1.807) is 19.1 Å². The summed E-state index contributed by atoms with van der Waals surface area (Å²) in [7, 11) is 1.51. The summed E-state index contributed by atoms with van der Waals surface area (Å²) >= 11 is 0. The van der Waals surface area contributed by atoms with Gasteiger partial charge < -0.3 is 25.6 Å². The van der Waals surface area contributed by atoms with Crippen LogP contribution in [0.15, 0.2) is 24.3 Å². The second-order valence-electron chi connectivity index (χ2n) is 4.74. The van der Waals surface area contributed by atoms with E-state index >= 15 is 0 Å². The van der Waals surface area contributed by atoms with Gasteiger partial charge in [0.1, 0.15) is 11.8 Å². The van der Waals surface area contributed by atoms with E-state index in [4.69, 9.17) is 9.84 Å². The fourth-order valence-corrected chi connectivity index (χ4v) is 1.78. The summed E-state index contributed by atoms with van der Waals surface area (Å²) in [5.74, 6) is -1.03. The molecule has 0 aliphatic carbocycles. The van der Waals surface area contributed by atoms with E-state index < -0.39 is 18.0 Å². The van der Waals surface area contributed by atoms with Crippen LogP contribution in [0.3, 0.4) is 0 Å². The molecular weight excluding hydrogens is 276 g/mol. The molecule has 0 fully saturated rings. The van der Waals surface area contributed by atoms with E-state index in [1.165, 1.54) is 19.2 Å². The van der Waals surface area contributed by atoms with Gasteiger partial charge in [0.15, 0.2) is 0 Å². The van der Waals surface area contributed by atoms with E-state index in [9.17, 15) is 14.7 Å². The molecule has 0 aromatic heterocycles. The van der Waals surface area contributed by atoms with Gasteiger partial charge in [-0.05, 0) is 24.6 Å². The SMILES string of the molecule is COCC(C)NC(=O)N[C@@H](Cc1ccc(O)cc1)C(=O)O. The molecule has 1 aromatic rings. The minimum Gasteiger partial charge on any atom is -0.508 e. The van der Waals surface area contributed by atoms with Crippen LogP contribution in [-0.2, 0) is 16.0 Å². The molecule has 0 aliphatic rings. The molecule has 0 heterocycles. The number of ether oxygens (including phenoxy) is 1. The molecule has 116 valence electrons. The van der Waals surface area contributed by atoms with Crippen LogP contribution in [0.1, 0.15) is 12.5 Å². The maximum atomic E-state index is 11.7. The van der Waals surface area contributed by atoms with Crippen LogP contribution in [0.5, 0.6) is 5.75 Å². The summed E-state index contributed by atoms with van der Waals surface area (Å²) in [6.07, 6.45) is 0.127. The zero-order valence-corrected chi connectivity index (χ0v) is 12.0. The molecule has 0 spiro atoms. The van der Waals surface area contributed by atoms with Crippen LogP contribution in [0.25, 0.3) is 0 Å². The first kappa shape index (κ1) is 16.8. The summed E-state index contributed by atoms with van der Waals surface area (Å²) in [5.41, 5.74) is 0.699. The third kappa shape index (κ3) is 6.13. The van der Waals surface area contributed by atoms with Gasteiger partial charge in [-0.15, -0.1) is 0 Å². The highest BCUT2D eigenvalue weighted by Crippen LogP contribution is 2.11. The van der Waals surface area contributed by atoms with Gasteiger partial charge in [0.05, 0.1) is 12.6 Å². The topological polar surface area (TPSA) is 108 Å². The Morgan fingerprint density at radius 3 is 2.38 bits per heavy atom. The number of nitrogens with one attached hydrogen (secondary N) is 2. The molecule has 1 rings (SSSR count). The van der Waals surface area contributed by atoms with Crippen molar-refractivity contribution in [3.8, 4) is 5.75 Å². The Kier molecular flexibility index (Phi) is 6.48. The molecule has 21 heavy (non-hydrogen) atoms. The number of carboxylic acids is 1. The molecule has 0 radical (unpaired) electrons. The first-order valence-corrected chi connectivity index (χ1v) is 6.49. The number of rotatable bonds is 7. The van der Waals surface area contributed by atoms with Gasteiger partial charge in [0, 0.05) is 13.5 Å². The highest BCUT2D eigenvalue weighted by Gasteiger charge is 2.21. The smallest absolute Gasteiger partial charge is 0.326 e. The molecule has 1 unspecified atom stereocenters. The van der Waals surface area contributed by atoms with Crippen molar-refractivity contribution in [2.45, 2.75) is 25.4 Å². The second-order valence-corrected chi connectivity index (χ2v) is 4.74. The number of phenolic OH excluding ortho intramolecular Hbond substituents is 1. The van der Waals surface area contributed by atoms with Crippen molar-refractivity contribution in [2.24, 2.45) is 0 Å². The summed E-state index contributed by atoms with van der Waals surface area (Å²) in [6.45, 7) is 2.09. The van der Waals surface area contributed by atoms with Crippen LogP contribution in [-0.4, -0.2) is 48.0 Å². The van der Waals surface area contributed by atoms with E-state index in [1.807, 2.05) is 0 Å². The summed E-state index contributed by atoms with van der Waals surface area (Å²) in [4.78, 5) is 22.9. The van der Waals surface area contributed by atoms with Crippen molar-refractivity contribution in [1.82, 2.24) is 10.6 Å². The van der Waals surface area contributed by atoms with Gasteiger partial charge in [0.2, 0.25) is 0 Å². The quantitative estimate of drug-likeness (QED) is 0.593. The minimum absolute atomic E-state index is 0.102. The van der Waals surface area contributed by atoms with Crippen LogP contribution in [0.2, 0.25) is 0 Å². The lowest BCUT2D eigenvalue weighted by Gasteiger charge is -2.18. The predicted octanol–water partition coefficient (Wildman–Crippen LogP) is 0.722. The van der Waals surface area contributed by atoms with Gasteiger partial charge in [-0.1, -0.05) is 12.1 Å². The van der Waals surface area contributed by atoms with Crippen molar-refractivity contribution in [3.05, 3.63) is 29.8 Å². The maximum Gasteiger partial charge on any atom is 0.326 e. The van der Waals surface area contributed by atoms with Gasteiger partial charge in [0.25, 0.3) is 0 Å². The van der Waals surface area contributed by atoms with Crippen LogP contribution >= 0.6 is 0 Å². The van der Waals surface area contributed by atoms with E-state index in [-0.39, 0.29) is 18.2 Å². The molecule has 7 nitrogen and oxygen atoms in total. The number of phenols is 1. The lowest BCUT2D eigenvalue weighted by atomic mass is 10.1. The average molecular weight is 296 g/mol. The third-order valence-corrected chi connectivity index (χ3v) is 2.77.